The predicted octanol–water partition coefficient (Wildman–Crippen LogP) is 2.77. The average Bonchev–Trinajstić information content (AvgIpc) is 2.18. The lowest BCUT2D eigenvalue weighted by Crippen LogP contribution is -2.18. The summed E-state index contributed by atoms with van der Waals surface area (Å²) in [4.78, 5) is 3.63. The summed E-state index contributed by atoms with van der Waals surface area (Å²) in [6.07, 6.45) is -4.06. The van der Waals surface area contributed by atoms with E-state index < -0.39 is 18.8 Å². The van der Waals surface area contributed by atoms with Crippen molar-refractivity contribution in [1.82, 2.24) is 4.98 Å². The van der Waals surface area contributed by atoms with Gasteiger partial charge in [-0.15, -0.1) is 13.2 Å². The van der Waals surface area contributed by atoms with Gasteiger partial charge in [-0.05, 0) is 6.92 Å². The first kappa shape index (κ1) is 12.5. The van der Waals surface area contributed by atoms with Gasteiger partial charge < -0.3 is 9.47 Å². The Labute approximate surface area is 89.0 Å². The molecule has 1 rings (SSSR count). The van der Waals surface area contributed by atoms with Crippen molar-refractivity contribution in [1.29, 1.82) is 0 Å². The third kappa shape index (κ3) is 2.74. The predicted molar refractivity (Wildman–Crippen MR) is 47.0 cm³/mol. The van der Waals surface area contributed by atoms with E-state index in [4.69, 9.17) is 4.74 Å². The first-order chi connectivity index (χ1) is 7.39. The third-order valence-electron chi connectivity index (χ3n) is 1.84. The van der Waals surface area contributed by atoms with Crippen LogP contribution in [-0.4, -0.2) is 18.5 Å². The van der Waals surface area contributed by atoms with Gasteiger partial charge in [0.05, 0.1) is 24.6 Å². The fourth-order valence-electron chi connectivity index (χ4n) is 1.23. The van der Waals surface area contributed by atoms with Crippen molar-refractivity contribution in [2.24, 2.45) is 0 Å². The van der Waals surface area contributed by atoms with Crippen LogP contribution in [0, 0.1) is 6.92 Å². The molecule has 0 amide bonds. The van der Waals surface area contributed by atoms with Gasteiger partial charge in [-0.3, -0.25) is 4.98 Å². The summed E-state index contributed by atoms with van der Waals surface area (Å²) in [6, 6.07) is 0. The van der Waals surface area contributed by atoms with Gasteiger partial charge >= 0.3 is 6.36 Å². The van der Waals surface area contributed by atoms with E-state index in [-0.39, 0.29) is 11.3 Å². The highest BCUT2D eigenvalue weighted by Gasteiger charge is 2.33. The minimum atomic E-state index is -4.88. The van der Waals surface area contributed by atoms with E-state index in [1.54, 1.807) is 0 Å². The van der Waals surface area contributed by atoms with Gasteiger partial charge in [-0.2, -0.15) is 0 Å². The number of nitrogens with zero attached hydrogens (tertiary/aromatic N) is 1. The minimum Gasteiger partial charge on any atom is -0.494 e. The summed E-state index contributed by atoms with van der Waals surface area (Å²) in [5, 5.41) is 0. The van der Waals surface area contributed by atoms with Crippen LogP contribution in [0.4, 0.5) is 17.6 Å². The maximum absolute atomic E-state index is 12.6. The number of rotatable bonds is 3. The maximum Gasteiger partial charge on any atom is 0.573 e. The van der Waals surface area contributed by atoms with Gasteiger partial charge in [0.2, 0.25) is 0 Å². The maximum atomic E-state index is 12.6. The number of hydrogen-bond donors (Lipinski definition) is 0. The van der Waals surface area contributed by atoms with Crippen LogP contribution in [-0.2, 0) is 6.67 Å². The Morgan fingerprint density at radius 3 is 2.44 bits per heavy atom. The van der Waals surface area contributed by atoms with Crippen LogP contribution < -0.4 is 9.47 Å². The SMILES string of the molecule is COc1c(C)ncc(OC(F)(F)F)c1CF. The monoisotopic (exact) mass is 239 g/mol. The summed E-state index contributed by atoms with van der Waals surface area (Å²) in [7, 11) is 1.22. The quantitative estimate of drug-likeness (QED) is 0.760. The van der Waals surface area contributed by atoms with Gasteiger partial charge in [-0.1, -0.05) is 0 Å². The smallest absolute Gasteiger partial charge is 0.494 e. The van der Waals surface area contributed by atoms with E-state index in [2.05, 4.69) is 9.72 Å². The van der Waals surface area contributed by atoms with Crippen LogP contribution in [0.15, 0.2) is 6.20 Å². The topological polar surface area (TPSA) is 31.4 Å². The number of aryl methyl sites for hydroxylation is 1. The Balaban J connectivity index is 3.19. The molecule has 1 aromatic heterocycles. The second kappa shape index (κ2) is 4.54. The Kier molecular flexibility index (Phi) is 3.56. The lowest BCUT2D eigenvalue weighted by molar-refractivity contribution is -0.275. The second-order valence-electron chi connectivity index (χ2n) is 2.90. The van der Waals surface area contributed by atoms with E-state index in [1.165, 1.54) is 14.0 Å². The number of hydrogen-bond acceptors (Lipinski definition) is 3. The molecule has 1 aromatic rings. The molecule has 0 radical (unpaired) electrons. The Morgan fingerprint density at radius 2 is 2.00 bits per heavy atom. The second-order valence-corrected chi connectivity index (χ2v) is 2.90. The molecule has 16 heavy (non-hydrogen) atoms. The van der Waals surface area contributed by atoms with Gasteiger partial charge in [0.1, 0.15) is 12.4 Å². The summed E-state index contributed by atoms with van der Waals surface area (Å²) in [6.45, 7) is 0.368. The lowest BCUT2D eigenvalue weighted by atomic mass is 10.2. The van der Waals surface area contributed by atoms with Crippen molar-refractivity contribution in [2.45, 2.75) is 20.0 Å². The molecule has 90 valence electrons. The number of aromatic nitrogens is 1. The minimum absolute atomic E-state index is 0.0377. The summed E-state index contributed by atoms with van der Waals surface area (Å²) >= 11 is 0. The Hall–Kier alpha value is -1.53. The molecule has 0 aliphatic heterocycles. The molecule has 0 aliphatic carbocycles. The summed E-state index contributed by atoms with van der Waals surface area (Å²) in [5.74, 6) is -0.721. The fourth-order valence-corrected chi connectivity index (χ4v) is 1.23. The normalized spacial score (nSPS) is 11.4. The zero-order valence-corrected chi connectivity index (χ0v) is 8.56. The number of pyridine rings is 1. The summed E-state index contributed by atoms with van der Waals surface area (Å²) in [5.41, 5.74) is -0.00278. The highest BCUT2D eigenvalue weighted by molar-refractivity contribution is 5.45. The van der Waals surface area contributed by atoms with E-state index in [0.29, 0.717) is 5.69 Å². The number of ether oxygens (including phenoxy) is 2. The average molecular weight is 239 g/mol. The van der Waals surface area contributed by atoms with Crippen LogP contribution in [0.3, 0.4) is 0 Å². The molecular weight excluding hydrogens is 230 g/mol. The standard InChI is InChI=1S/C9H9F4NO2/c1-5-8(15-2)6(3-10)7(4-14-5)16-9(11,12)13/h4H,3H2,1-2H3. The zero-order valence-electron chi connectivity index (χ0n) is 8.56. The molecule has 3 nitrogen and oxygen atoms in total. The first-order valence-electron chi connectivity index (χ1n) is 4.23. The van der Waals surface area contributed by atoms with Crippen molar-refractivity contribution in [3.63, 3.8) is 0 Å². The van der Waals surface area contributed by atoms with Crippen LogP contribution >= 0.6 is 0 Å². The number of halogens is 4. The van der Waals surface area contributed by atoms with Gasteiger partial charge in [0, 0.05) is 0 Å². The van der Waals surface area contributed by atoms with E-state index in [1.807, 2.05) is 0 Å². The van der Waals surface area contributed by atoms with Crippen LogP contribution in [0.1, 0.15) is 11.3 Å². The molecule has 0 saturated heterocycles. The molecule has 0 bridgehead atoms. The molecule has 0 unspecified atom stereocenters. The lowest BCUT2D eigenvalue weighted by Gasteiger charge is -2.14. The number of methoxy groups -OCH3 is 1. The van der Waals surface area contributed by atoms with Gasteiger partial charge in [0.25, 0.3) is 0 Å². The van der Waals surface area contributed by atoms with Crippen molar-refractivity contribution in [3.05, 3.63) is 17.5 Å². The molecule has 0 fully saturated rings. The molecule has 0 aliphatic rings. The Morgan fingerprint density at radius 1 is 1.38 bits per heavy atom. The molecule has 0 spiro atoms. The van der Waals surface area contributed by atoms with Gasteiger partial charge in [-0.25, -0.2) is 4.39 Å². The first-order valence-corrected chi connectivity index (χ1v) is 4.23. The molecular formula is C9H9F4NO2. The third-order valence-corrected chi connectivity index (χ3v) is 1.84. The molecule has 7 heteroatoms. The van der Waals surface area contributed by atoms with Crippen molar-refractivity contribution < 1.29 is 27.0 Å². The van der Waals surface area contributed by atoms with Gasteiger partial charge in [0.15, 0.2) is 5.75 Å². The highest BCUT2D eigenvalue weighted by Crippen LogP contribution is 2.34. The van der Waals surface area contributed by atoms with Crippen LogP contribution in [0.2, 0.25) is 0 Å². The molecule has 0 N–H and O–H groups in total. The van der Waals surface area contributed by atoms with Crippen LogP contribution in [0.5, 0.6) is 11.5 Å². The molecule has 0 saturated carbocycles. The molecule has 1 heterocycles. The Bertz CT molecular complexity index is 379. The fraction of sp³-hybridized carbons (Fsp3) is 0.444. The van der Waals surface area contributed by atoms with Crippen LogP contribution in [0.25, 0.3) is 0 Å². The summed E-state index contributed by atoms with van der Waals surface area (Å²) < 4.78 is 57.0. The molecule has 0 aromatic carbocycles. The number of alkyl halides is 4. The van der Waals surface area contributed by atoms with E-state index >= 15 is 0 Å². The van der Waals surface area contributed by atoms with E-state index in [0.717, 1.165) is 6.20 Å². The zero-order chi connectivity index (χ0) is 12.3. The van der Waals surface area contributed by atoms with Crippen molar-refractivity contribution >= 4 is 0 Å². The highest BCUT2D eigenvalue weighted by atomic mass is 19.4. The van der Waals surface area contributed by atoms with E-state index in [9.17, 15) is 17.6 Å². The van der Waals surface area contributed by atoms with Crippen molar-refractivity contribution in [3.8, 4) is 11.5 Å². The molecule has 0 atom stereocenters. The largest absolute Gasteiger partial charge is 0.573 e. The van der Waals surface area contributed by atoms with Crippen molar-refractivity contribution in [2.75, 3.05) is 7.11 Å².